The largest absolute Gasteiger partial charge is 0.468 e. The lowest BCUT2D eigenvalue weighted by atomic mass is 10.5. The molecule has 86 valence electrons. The Morgan fingerprint density at radius 1 is 1.69 bits per heavy atom. The number of nitro groups is 1. The Balaban J connectivity index is 2.91. The van der Waals surface area contributed by atoms with Gasteiger partial charge in [0, 0.05) is 0 Å². The smallest absolute Gasteiger partial charge is 0.338 e. The quantitative estimate of drug-likeness (QED) is 0.266. The zero-order chi connectivity index (χ0) is 12.1. The van der Waals surface area contributed by atoms with Crippen molar-refractivity contribution in [3.05, 3.63) is 21.6 Å². The molecular formula is C7H6ClN3O4S. The Morgan fingerprint density at radius 3 is 2.94 bits per heavy atom. The minimum Gasteiger partial charge on any atom is -0.468 e. The van der Waals surface area contributed by atoms with Gasteiger partial charge in [0.25, 0.3) is 0 Å². The van der Waals surface area contributed by atoms with Gasteiger partial charge in [0.05, 0.1) is 17.8 Å². The molecule has 0 aliphatic heterocycles. The number of aromatic nitrogens is 2. The minimum absolute atomic E-state index is 0.0374. The van der Waals surface area contributed by atoms with Gasteiger partial charge >= 0.3 is 11.7 Å². The first-order valence-corrected chi connectivity index (χ1v) is 5.27. The van der Waals surface area contributed by atoms with Crippen LogP contribution in [-0.4, -0.2) is 33.7 Å². The maximum atomic E-state index is 10.9. The Kier molecular flexibility index (Phi) is 4.44. The molecule has 0 saturated heterocycles. The van der Waals surface area contributed by atoms with Gasteiger partial charge in [-0.2, -0.15) is 0 Å². The third-order valence-corrected chi connectivity index (χ3v) is 2.71. The highest BCUT2D eigenvalue weighted by atomic mass is 35.5. The minimum atomic E-state index is -0.693. The highest BCUT2D eigenvalue weighted by Gasteiger charge is 2.22. The molecule has 0 unspecified atom stereocenters. The molecule has 0 aliphatic carbocycles. The average molecular weight is 264 g/mol. The molecule has 1 aromatic rings. The summed E-state index contributed by atoms with van der Waals surface area (Å²) in [6.07, 6.45) is 1.09. The summed E-state index contributed by atoms with van der Waals surface area (Å²) < 4.78 is 4.40. The maximum Gasteiger partial charge on any atom is 0.338 e. The van der Waals surface area contributed by atoms with Gasteiger partial charge in [-0.3, -0.25) is 14.9 Å². The second-order valence-corrected chi connectivity index (χ2v) is 3.76. The van der Waals surface area contributed by atoms with E-state index in [-0.39, 0.29) is 15.9 Å². The summed E-state index contributed by atoms with van der Waals surface area (Å²) in [5.74, 6) is -0.584. The van der Waals surface area contributed by atoms with Crippen molar-refractivity contribution in [1.82, 2.24) is 9.97 Å². The van der Waals surface area contributed by atoms with E-state index in [0.717, 1.165) is 18.1 Å². The van der Waals surface area contributed by atoms with Crippen molar-refractivity contribution < 1.29 is 14.5 Å². The second kappa shape index (κ2) is 5.61. The van der Waals surface area contributed by atoms with Crippen molar-refractivity contribution in [3.63, 3.8) is 0 Å². The molecule has 7 nitrogen and oxygen atoms in total. The molecule has 0 bridgehead atoms. The van der Waals surface area contributed by atoms with Gasteiger partial charge in [-0.05, 0) is 0 Å². The van der Waals surface area contributed by atoms with Crippen molar-refractivity contribution in [2.45, 2.75) is 5.03 Å². The fourth-order valence-corrected chi connectivity index (χ4v) is 1.85. The Morgan fingerprint density at radius 2 is 2.38 bits per heavy atom. The van der Waals surface area contributed by atoms with E-state index in [1.165, 1.54) is 7.11 Å². The van der Waals surface area contributed by atoms with E-state index < -0.39 is 16.6 Å². The third-order valence-electron chi connectivity index (χ3n) is 1.48. The average Bonchev–Trinajstić information content (AvgIpc) is 2.25. The van der Waals surface area contributed by atoms with Crippen molar-refractivity contribution in [1.29, 1.82) is 0 Å². The van der Waals surface area contributed by atoms with Gasteiger partial charge in [-0.25, -0.2) is 9.97 Å². The van der Waals surface area contributed by atoms with Crippen LogP contribution in [0.5, 0.6) is 0 Å². The number of halogens is 1. The van der Waals surface area contributed by atoms with Crippen LogP contribution in [-0.2, 0) is 9.53 Å². The van der Waals surface area contributed by atoms with E-state index in [2.05, 4.69) is 14.7 Å². The third kappa shape index (κ3) is 3.04. The number of methoxy groups -OCH3 is 1. The standard InChI is InChI=1S/C7H6ClN3O4S/c1-15-4(12)2-16-7-5(11(13)14)6(8)9-3-10-7/h3H,2H2,1H3. The number of hydrogen-bond donors (Lipinski definition) is 0. The van der Waals surface area contributed by atoms with Gasteiger partial charge < -0.3 is 4.74 Å². The van der Waals surface area contributed by atoms with Crippen molar-refractivity contribution in [3.8, 4) is 0 Å². The van der Waals surface area contributed by atoms with Crippen molar-refractivity contribution in [2.24, 2.45) is 0 Å². The Labute approximate surface area is 99.3 Å². The number of hydrogen-bond acceptors (Lipinski definition) is 7. The molecule has 0 saturated carbocycles. The molecule has 9 heteroatoms. The van der Waals surface area contributed by atoms with Crippen LogP contribution in [0.25, 0.3) is 0 Å². The molecule has 0 radical (unpaired) electrons. The summed E-state index contributed by atoms with van der Waals surface area (Å²) in [6, 6.07) is 0. The normalized spacial score (nSPS) is 9.88. The van der Waals surface area contributed by atoms with E-state index in [0.29, 0.717) is 0 Å². The summed E-state index contributed by atoms with van der Waals surface area (Å²) in [7, 11) is 1.23. The van der Waals surface area contributed by atoms with Crippen LogP contribution in [0.1, 0.15) is 0 Å². The lowest BCUT2D eigenvalue weighted by Crippen LogP contribution is -2.04. The first-order valence-electron chi connectivity index (χ1n) is 3.90. The monoisotopic (exact) mass is 263 g/mol. The molecule has 0 N–H and O–H groups in total. The number of rotatable bonds is 4. The highest BCUT2D eigenvalue weighted by molar-refractivity contribution is 8.00. The molecule has 1 heterocycles. The Hall–Kier alpha value is -1.41. The van der Waals surface area contributed by atoms with E-state index in [9.17, 15) is 14.9 Å². The van der Waals surface area contributed by atoms with Crippen molar-refractivity contribution >= 4 is 35.0 Å². The maximum absolute atomic E-state index is 10.9. The van der Waals surface area contributed by atoms with E-state index in [1.54, 1.807) is 0 Å². The Bertz CT molecular complexity index is 428. The second-order valence-electron chi connectivity index (χ2n) is 2.44. The van der Waals surface area contributed by atoms with Gasteiger partial charge in [0.2, 0.25) is 5.15 Å². The number of carbonyl (C=O) groups excluding carboxylic acids is 1. The molecule has 0 amide bonds. The van der Waals surface area contributed by atoms with Crippen LogP contribution in [0.2, 0.25) is 5.15 Å². The molecule has 0 spiro atoms. The van der Waals surface area contributed by atoms with Crippen LogP contribution in [0.4, 0.5) is 5.69 Å². The number of ether oxygens (including phenoxy) is 1. The summed E-state index contributed by atoms with van der Waals surface area (Å²) in [4.78, 5) is 28.0. The van der Waals surface area contributed by atoms with Gasteiger partial charge in [0.1, 0.15) is 6.33 Å². The van der Waals surface area contributed by atoms with Crippen LogP contribution in [0, 0.1) is 10.1 Å². The molecular weight excluding hydrogens is 258 g/mol. The van der Waals surface area contributed by atoms with Crippen LogP contribution in [0.15, 0.2) is 11.4 Å². The highest BCUT2D eigenvalue weighted by Crippen LogP contribution is 2.31. The van der Waals surface area contributed by atoms with Crippen LogP contribution in [0.3, 0.4) is 0 Å². The van der Waals surface area contributed by atoms with Gasteiger partial charge in [-0.1, -0.05) is 23.4 Å². The lowest BCUT2D eigenvalue weighted by molar-refractivity contribution is -0.388. The summed E-state index contributed by atoms with van der Waals surface area (Å²) in [5, 5.41) is 10.4. The molecule has 0 aromatic carbocycles. The molecule has 1 aromatic heterocycles. The SMILES string of the molecule is COC(=O)CSc1ncnc(Cl)c1[N+](=O)[O-]. The van der Waals surface area contributed by atoms with E-state index >= 15 is 0 Å². The molecule has 0 fully saturated rings. The summed E-state index contributed by atoms with van der Waals surface area (Å²) in [6.45, 7) is 0. The first kappa shape index (κ1) is 12.7. The van der Waals surface area contributed by atoms with Crippen LogP contribution >= 0.6 is 23.4 Å². The first-order chi connectivity index (χ1) is 7.56. The van der Waals surface area contributed by atoms with Crippen molar-refractivity contribution in [2.75, 3.05) is 12.9 Å². The fourth-order valence-electron chi connectivity index (χ4n) is 0.788. The van der Waals surface area contributed by atoms with E-state index in [1.807, 2.05) is 0 Å². The number of nitrogens with zero attached hydrogens (tertiary/aromatic N) is 3. The molecule has 0 atom stereocenters. The van der Waals surface area contributed by atoms with Gasteiger partial charge in [0.15, 0.2) is 5.03 Å². The molecule has 0 aliphatic rings. The predicted molar refractivity (Wildman–Crippen MR) is 56.4 cm³/mol. The molecule has 1 rings (SSSR count). The van der Waals surface area contributed by atoms with Crippen LogP contribution < -0.4 is 0 Å². The topological polar surface area (TPSA) is 95.2 Å². The van der Waals surface area contributed by atoms with Gasteiger partial charge in [-0.15, -0.1) is 0 Å². The number of thioether (sulfide) groups is 1. The number of esters is 1. The lowest BCUT2D eigenvalue weighted by Gasteiger charge is -2.01. The zero-order valence-electron chi connectivity index (χ0n) is 8.05. The fraction of sp³-hybridized carbons (Fsp3) is 0.286. The summed E-state index contributed by atoms with van der Waals surface area (Å²) in [5.41, 5.74) is -0.405. The molecule has 16 heavy (non-hydrogen) atoms. The van der Waals surface area contributed by atoms with E-state index in [4.69, 9.17) is 11.6 Å². The zero-order valence-corrected chi connectivity index (χ0v) is 9.62. The predicted octanol–water partition coefficient (Wildman–Crippen LogP) is 1.30. The summed E-state index contributed by atoms with van der Waals surface area (Å²) >= 11 is 6.42. The number of carbonyl (C=O) groups is 1.